The lowest BCUT2D eigenvalue weighted by molar-refractivity contribution is -0.144. The molecule has 1 saturated carbocycles. The van der Waals surface area contributed by atoms with Crippen LogP contribution in [0.4, 0.5) is 5.13 Å². The average Bonchev–Trinajstić information content (AvgIpc) is 2.63. The van der Waals surface area contributed by atoms with Gasteiger partial charge in [-0.05, 0) is 18.8 Å². The molecule has 4 nitrogen and oxygen atoms in total. The van der Waals surface area contributed by atoms with Gasteiger partial charge in [-0.25, -0.2) is 9.78 Å². The number of thiazole rings is 1. The van der Waals surface area contributed by atoms with E-state index in [4.69, 9.17) is 11.6 Å². The van der Waals surface area contributed by atoms with E-state index in [0.29, 0.717) is 29.0 Å². The quantitative estimate of drug-likeness (QED) is 0.888. The van der Waals surface area contributed by atoms with Crippen LogP contribution in [0, 0.1) is 5.92 Å². The third-order valence-corrected chi connectivity index (χ3v) is 4.31. The number of hydrogen-bond donors (Lipinski definition) is 2. The molecule has 94 valence electrons. The number of aliphatic carboxylic acids is 1. The van der Waals surface area contributed by atoms with Gasteiger partial charge in [-0.1, -0.05) is 31.4 Å². The minimum absolute atomic E-state index is 0.405. The van der Waals surface area contributed by atoms with Crippen molar-refractivity contribution < 1.29 is 9.90 Å². The van der Waals surface area contributed by atoms with E-state index in [1.165, 1.54) is 11.3 Å². The van der Waals surface area contributed by atoms with E-state index in [1.807, 2.05) is 0 Å². The first kappa shape index (κ1) is 12.6. The highest BCUT2D eigenvalue weighted by molar-refractivity contribution is 7.14. The van der Waals surface area contributed by atoms with Crippen LogP contribution in [0.2, 0.25) is 5.15 Å². The summed E-state index contributed by atoms with van der Waals surface area (Å²) in [7, 11) is 0. The molecule has 1 fully saturated rings. The molecule has 2 N–H and O–H groups in total. The maximum absolute atomic E-state index is 11.5. The minimum Gasteiger partial charge on any atom is -0.480 e. The van der Waals surface area contributed by atoms with Gasteiger partial charge < -0.3 is 10.4 Å². The van der Waals surface area contributed by atoms with Gasteiger partial charge in [0.25, 0.3) is 0 Å². The standard InChI is InChI=1S/C11H15ClN2O2S/c1-7-3-2-4-11(5-7,9(15)16)14-10-13-8(12)6-17-10/h6-7H,2-5H2,1H3,(H,13,14)(H,15,16). The Hall–Kier alpha value is -0.810. The highest BCUT2D eigenvalue weighted by Gasteiger charge is 2.42. The van der Waals surface area contributed by atoms with Crippen molar-refractivity contribution in [3.63, 3.8) is 0 Å². The zero-order valence-corrected chi connectivity index (χ0v) is 11.1. The van der Waals surface area contributed by atoms with Crippen LogP contribution in [-0.2, 0) is 4.79 Å². The Morgan fingerprint density at radius 1 is 1.76 bits per heavy atom. The molecular weight excluding hydrogens is 260 g/mol. The van der Waals surface area contributed by atoms with E-state index in [-0.39, 0.29) is 0 Å². The van der Waals surface area contributed by atoms with Crippen LogP contribution in [0.5, 0.6) is 0 Å². The Balaban J connectivity index is 2.19. The van der Waals surface area contributed by atoms with E-state index in [1.54, 1.807) is 5.38 Å². The molecule has 2 rings (SSSR count). The van der Waals surface area contributed by atoms with Crippen LogP contribution in [0.3, 0.4) is 0 Å². The Kier molecular flexibility index (Phi) is 3.58. The fraction of sp³-hybridized carbons (Fsp3) is 0.636. The molecule has 2 atom stereocenters. The summed E-state index contributed by atoms with van der Waals surface area (Å²) in [5, 5.41) is 15.2. The van der Waals surface area contributed by atoms with Crippen LogP contribution >= 0.6 is 22.9 Å². The molecule has 1 aromatic heterocycles. The van der Waals surface area contributed by atoms with Crippen LogP contribution in [0.25, 0.3) is 0 Å². The SMILES string of the molecule is CC1CCCC(Nc2nc(Cl)cs2)(C(=O)O)C1. The number of halogens is 1. The van der Waals surface area contributed by atoms with Crippen molar-refractivity contribution in [1.82, 2.24) is 4.98 Å². The van der Waals surface area contributed by atoms with Crippen molar-refractivity contribution >= 4 is 34.0 Å². The lowest BCUT2D eigenvalue weighted by Gasteiger charge is -2.36. The summed E-state index contributed by atoms with van der Waals surface area (Å²) in [6.07, 6.45) is 3.30. The predicted molar refractivity (Wildman–Crippen MR) is 68.7 cm³/mol. The van der Waals surface area contributed by atoms with E-state index in [2.05, 4.69) is 17.2 Å². The molecule has 2 unspecified atom stereocenters. The molecule has 1 aromatic rings. The molecule has 0 radical (unpaired) electrons. The number of carboxylic acid groups (broad SMARTS) is 1. The fourth-order valence-electron chi connectivity index (χ4n) is 2.43. The smallest absolute Gasteiger partial charge is 0.329 e. The van der Waals surface area contributed by atoms with E-state index >= 15 is 0 Å². The third kappa shape index (κ3) is 2.72. The summed E-state index contributed by atoms with van der Waals surface area (Å²) in [5.41, 5.74) is -0.876. The van der Waals surface area contributed by atoms with Gasteiger partial charge in [0.15, 0.2) is 5.13 Å². The normalized spacial score (nSPS) is 28.9. The number of anilines is 1. The third-order valence-electron chi connectivity index (χ3n) is 3.23. The summed E-state index contributed by atoms with van der Waals surface area (Å²) < 4.78 is 0. The van der Waals surface area contributed by atoms with Gasteiger partial charge in [0, 0.05) is 5.38 Å². The molecule has 0 amide bonds. The number of carbonyl (C=O) groups is 1. The summed E-state index contributed by atoms with van der Waals surface area (Å²) in [6, 6.07) is 0. The highest BCUT2D eigenvalue weighted by atomic mass is 35.5. The van der Waals surface area contributed by atoms with E-state index in [9.17, 15) is 9.90 Å². The summed E-state index contributed by atoms with van der Waals surface area (Å²) in [5.74, 6) is -0.377. The molecule has 0 bridgehead atoms. The maximum atomic E-state index is 11.5. The van der Waals surface area contributed by atoms with Crippen LogP contribution in [0.15, 0.2) is 5.38 Å². The Morgan fingerprint density at radius 2 is 2.53 bits per heavy atom. The van der Waals surface area contributed by atoms with Gasteiger partial charge >= 0.3 is 5.97 Å². The van der Waals surface area contributed by atoms with Crippen LogP contribution < -0.4 is 5.32 Å². The zero-order chi connectivity index (χ0) is 12.5. The number of nitrogens with zero attached hydrogens (tertiary/aromatic N) is 1. The number of rotatable bonds is 3. The summed E-state index contributed by atoms with van der Waals surface area (Å²) in [4.78, 5) is 15.6. The first-order valence-electron chi connectivity index (χ1n) is 5.64. The topological polar surface area (TPSA) is 62.2 Å². The molecule has 0 aromatic carbocycles. The Morgan fingerprint density at radius 3 is 3.06 bits per heavy atom. The Labute approximate surface area is 109 Å². The molecular formula is C11H15ClN2O2S. The average molecular weight is 275 g/mol. The van der Waals surface area contributed by atoms with Crippen molar-refractivity contribution in [1.29, 1.82) is 0 Å². The van der Waals surface area contributed by atoms with Crippen molar-refractivity contribution in [2.75, 3.05) is 5.32 Å². The molecule has 1 aliphatic carbocycles. The highest BCUT2D eigenvalue weighted by Crippen LogP contribution is 2.36. The van der Waals surface area contributed by atoms with Gasteiger partial charge in [0.1, 0.15) is 10.7 Å². The minimum atomic E-state index is -0.876. The van der Waals surface area contributed by atoms with Crippen molar-refractivity contribution in [2.45, 2.75) is 38.1 Å². The van der Waals surface area contributed by atoms with Crippen molar-refractivity contribution in [3.8, 4) is 0 Å². The second-order valence-corrected chi connectivity index (χ2v) is 5.93. The van der Waals surface area contributed by atoms with E-state index < -0.39 is 11.5 Å². The van der Waals surface area contributed by atoms with Gasteiger partial charge in [-0.3, -0.25) is 0 Å². The molecule has 0 aliphatic heterocycles. The van der Waals surface area contributed by atoms with Crippen LogP contribution in [0.1, 0.15) is 32.6 Å². The van der Waals surface area contributed by atoms with E-state index in [0.717, 1.165) is 12.8 Å². The fourth-order valence-corrected chi connectivity index (χ4v) is 3.36. The molecule has 17 heavy (non-hydrogen) atoms. The molecule has 0 spiro atoms. The van der Waals surface area contributed by atoms with Crippen LogP contribution in [-0.4, -0.2) is 21.6 Å². The molecule has 1 heterocycles. The molecule has 1 aliphatic rings. The number of carboxylic acids is 1. The first-order chi connectivity index (χ1) is 8.02. The Bertz CT molecular complexity index is 423. The second-order valence-electron chi connectivity index (χ2n) is 4.69. The monoisotopic (exact) mass is 274 g/mol. The predicted octanol–water partition coefficient (Wildman–Crippen LogP) is 3.24. The summed E-state index contributed by atoms with van der Waals surface area (Å²) in [6.45, 7) is 2.09. The molecule has 0 saturated heterocycles. The largest absolute Gasteiger partial charge is 0.480 e. The van der Waals surface area contributed by atoms with Crippen molar-refractivity contribution in [2.24, 2.45) is 5.92 Å². The lowest BCUT2D eigenvalue weighted by atomic mass is 9.76. The number of nitrogens with one attached hydrogen (secondary N) is 1. The van der Waals surface area contributed by atoms with Gasteiger partial charge in [0.05, 0.1) is 0 Å². The first-order valence-corrected chi connectivity index (χ1v) is 6.90. The van der Waals surface area contributed by atoms with Gasteiger partial charge in [-0.2, -0.15) is 0 Å². The second kappa shape index (κ2) is 4.82. The maximum Gasteiger partial charge on any atom is 0.329 e. The number of aromatic nitrogens is 1. The molecule has 6 heteroatoms. The van der Waals surface area contributed by atoms with Gasteiger partial charge in [-0.15, -0.1) is 11.3 Å². The summed E-state index contributed by atoms with van der Waals surface area (Å²) >= 11 is 7.09. The zero-order valence-electron chi connectivity index (χ0n) is 9.57. The lowest BCUT2D eigenvalue weighted by Crippen LogP contribution is -2.49. The number of hydrogen-bond acceptors (Lipinski definition) is 4. The van der Waals surface area contributed by atoms with Gasteiger partial charge in [0.2, 0.25) is 0 Å². The van der Waals surface area contributed by atoms with Crippen molar-refractivity contribution in [3.05, 3.63) is 10.5 Å².